The smallest absolute Gasteiger partial charge is 0.255 e. The summed E-state index contributed by atoms with van der Waals surface area (Å²) in [4.78, 5) is 24.6. The minimum atomic E-state index is -0.311. The summed E-state index contributed by atoms with van der Waals surface area (Å²) < 4.78 is 1.04. The van der Waals surface area contributed by atoms with Gasteiger partial charge in [0, 0.05) is 25.9 Å². The lowest BCUT2D eigenvalue weighted by Crippen LogP contribution is -2.40. The van der Waals surface area contributed by atoms with E-state index >= 15 is 0 Å². The molecule has 24 heavy (non-hydrogen) atoms. The third-order valence-electron chi connectivity index (χ3n) is 3.31. The quantitative estimate of drug-likeness (QED) is 0.702. The van der Waals surface area contributed by atoms with Crippen LogP contribution in [-0.2, 0) is 0 Å². The molecule has 0 atom stereocenters. The summed E-state index contributed by atoms with van der Waals surface area (Å²) in [6.45, 7) is 7.78. The van der Waals surface area contributed by atoms with Crippen LogP contribution in [0.1, 0.15) is 47.1 Å². The standard InChI is InChI=1S/C19H21IN2O2/c1-12-8-9-14(11-16(12)20)17(23)21-15-7-5-6-13(10-15)18(24)22-19(2,3)4/h5-11H,1-4H3,(H,21,23)(H,22,24). The predicted molar refractivity (Wildman–Crippen MR) is 106 cm³/mol. The van der Waals surface area contributed by atoms with Crippen LogP contribution in [0.5, 0.6) is 0 Å². The lowest BCUT2D eigenvalue weighted by molar-refractivity contribution is 0.0918. The molecule has 2 N–H and O–H groups in total. The van der Waals surface area contributed by atoms with Gasteiger partial charge in [0.05, 0.1) is 0 Å². The summed E-state index contributed by atoms with van der Waals surface area (Å²) in [6, 6.07) is 12.5. The SMILES string of the molecule is Cc1ccc(C(=O)Nc2cccc(C(=O)NC(C)(C)C)c2)cc1I. The van der Waals surface area contributed by atoms with Gasteiger partial charge in [-0.25, -0.2) is 0 Å². The van der Waals surface area contributed by atoms with Crippen molar-refractivity contribution in [1.82, 2.24) is 5.32 Å². The van der Waals surface area contributed by atoms with Crippen LogP contribution in [0.3, 0.4) is 0 Å². The molecule has 0 heterocycles. The van der Waals surface area contributed by atoms with Crippen molar-refractivity contribution < 1.29 is 9.59 Å². The van der Waals surface area contributed by atoms with E-state index in [0.717, 1.165) is 9.13 Å². The second-order valence-corrected chi connectivity index (χ2v) is 7.87. The first-order chi connectivity index (χ1) is 11.2. The van der Waals surface area contributed by atoms with Crippen LogP contribution < -0.4 is 10.6 Å². The van der Waals surface area contributed by atoms with E-state index in [4.69, 9.17) is 0 Å². The van der Waals surface area contributed by atoms with Gasteiger partial charge in [-0.05, 0) is 86.2 Å². The number of carbonyl (C=O) groups excluding carboxylic acids is 2. The third kappa shape index (κ3) is 5.06. The molecule has 0 aliphatic carbocycles. The number of carbonyl (C=O) groups is 2. The minimum Gasteiger partial charge on any atom is -0.347 e. The zero-order chi connectivity index (χ0) is 17.9. The van der Waals surface area contributed by atoms with Crippen LogP contribution in [0.25, 0.3) is 0 Å². The van der Waals surface area contributed by atoms with Gasteiger partial charge in [-0.1, -0.05) is 12.1 Å². The van der Waals surface area contributed by atoms with Gasteiger partial charge in [0.15, 0.2) is 0 Å². The molecule has 2 rings (SSSR count). The first-order valence-corrected chi connectivity index (χ1v) is 8.74. The Labute approximate surface area is 156 Å². The minimum absolute atomic E-state index is 0.163. The molecular weight excluding hydrogens is 415 g/mol. The van der Waals surface area contributed by atoms with Crippen molar-refractivity contribution in [3.05, 3.63) is 62.7 Å². The van der Waals surface area contributed by atoms with Gasteiger partial charge in [0.1, 0.15) is 0 Å². The van der Waals surface area contributed by atoms with Crippen LogP contribution in [0, 0.1) is 10.5 Å². The first kappa shape index (κ1) is 18.4. The normalized spacial score (nSPS) is 11.0. The topological polar surface area (TPSA) is 58.2 Å². The highest BCUT2D eigenvalue weighted by Gasteiger charge is 2.16. The van der Waals surface area contributed by atoms with Crippen molar-refractivity contribution in [3.8, 4) is 0 Å². The van der Waals surface area contributed by atoms with Crippen LogP contribution in [0.4, 0.5) is 5.69 Å². The van der Waals surface area contributed by atoms with E-state index in [1.54, 1.807) is 30.3 Å². The van der Waals surface area contributed by atoms with Gasteiger partial charge in [0.2, 0.25) is 0 Å². The number of aryl methyl sites for hydroxylation is 1. The van der Waals surface area contributed by atoms with Crippen molar-refractivity contribution in [3.63, 3.8) is 0 Å². The number of hydrogen-bond donors (Lipinski definition) is 2. The van der Waals surface area contributed by atoms with Crippen LogP contribution >= 0.6 is 22.6 Å². The zero-order valence-corrected chi connectivity index (χ0v) is 16.4. The van der Waals surface area contributed by atoms with Crippen LogP contribution in [0.2, 0.25) is 0 Å². The molecule has 2 aromatic carbocycles. The van der Waals surface area contributed by atoms with Crippen molar-refractivity contribution >= 4 is 40.1 Å². The highest BCUT2D eigenvalue weighted by atomic mass is 127. The van der Waals surface area contributed by atoms with Crippen molar-refractivity contribution in [2.45, 2.75) is 33.2 Å². The zero-order valence-electron chi connectivity index (χ0n) is 14.2. The fourth-order valence-corrected chi connectivity index (χ4v) is 2.60. The second-order valence-electron chi connectivity index (χ2n) is 6.70. The number of halogens is 1. The molecular formula is C19H21IN2O2. The van der Waals surface area contributed by atoms with Gasteiger partial charge in [0.25, 0.3) is 11.8 Å². The highest BCUT2D eigenvalue weighted by molar-refractivity contribution is 14.1. The number of hydrogen-bond acceptors (Lipinski definition) is 2. The third-order valence-corrected chi connectivity index (χ3v) is 4.47. The fraction of sp³-hybridized carbons (Fsp3) is 0.263. The lowest BCUT2D eigenvalue weighted by Gasteiger charge is -2.20. The largest absolute Gasteiger partial charge is 0.347 e. The number of benzene rings is 2. The predicted octanol–water partition coefficient (Wildman–Crippen LogP) is 4.38. The Kier molecular flexibility index (Phi) is 5.64. The lowest BCUT2D eigenvalue weighted by atomic mass is 10.1. The Morgan fingerprint density at radius 3 is 2.25 bits per heavy atom. The van der Waals surface area contributed by atoms with Crippen LogP contribution in [-0.4, -0.2) is 17.4 Å². The van der Waals surface area contributed by atoms with E-state index in [0.29, 0.717) is 16.8 Å². The average molecular weight is 436 g/mol. The first-order valence-electron chi connectivity index (χ1n) is 7.66. The maximum absolute atomic E-state index is 12.4. The molecule has 0 aliphatic heterocycles. The van der Waals surface area contributed by atoms with E-state index in [-0.39, 0.29) is 17.4 Å². The maximum atomic E-state index is 12.4. The maximum Gasteiger partial charge on any atom is 0.255 e. The highest BCUT2D eigenvalue weighted by Crippen LogP contribution is 2.16. The van der Waals surface area contributed by atoms with E-state index in [9.17, 15) is 9.59 Å². The Morgan fingerprint density at radius 2 is 1.62 bits per heavy atom. The Bertz CT molecular complexity index is 779. The summed E-state index contributed by atoms with van der Waals surface area (Å²) in [5.74, 6) is -0.357. The summed E-state index contributed by atoms with van der Waals surface area (Å²) in [5, 5.41) is 5.75. The molecule has 0 saturated carbocycles. The fourth-order valence-electron chi connectivity index (χ4n) is 2.09. The molecule has 0 aromatic heterocycles. The van der Waals surface area contributed by atoms with Crippen molar-refractivity contribution in [2.24, 2.45) is 0 Å². The van der Waals surface area contributed by atoms with Crippen molar-refractivity contribution in [2.75, 3.05) is 5.32 Å². The van der Waals surface area contributed by atoms with E-state index in [2.05, 4.69) is 33.2 Å². The molecule has 126 valence electrons. The van der Waals surface area contributed by atoms with E-state index < -0.39 is 0 Å². The molecule has 2 amide bonds. The monoisotopic (exact) mass is 436 g/mol. The average Bonchev–Trinajstić information content (AvgIpc) is 2.48. The molecule has 0 aliphatic rings. The van der Waals surface area contributed by atoms with Gasteiger partial charge in [-0.3, -0.25) is 9.59 Å². The van der Waals surface area contributed by atoms with Crippen LogP contribution in [0.15, 0.2) is 42.5 Å². The Morgan fingerprint density at radius 1 is 0.958 bits per heavy atom. The Hall–Kier alpha value is -1.89. The Balaban J connectivity index is 2.15. The number of amides is 2. The van der Waals surface area contributed by atoms with E-state index in [1.165, 1.54) is 0 Å². The molecule has 0 unspecified atom stereocenters. The van der Waals surface area contributed by atoms with Gasteiger partial charge < -0.3 is 10.6 Å². The van der Waals surface area contributed by atoms with E-state index in [1.807, 2.05) is 39.8 Å². The molecule has 2 aromatic rings. The van der Waals surface area contributed by atoms with Crippen molar-refractivity contribution in [1.29, 1.82) is 0 Å². The number of anilines is 1. The van der Waals surface area contributed by atoms with Gasteiger partial charge >= 0.3 is 0 Å². The molecule has 0 fully saturated rings. The molecule has 4 nitrogen and oxygen atoms in total. The summed E-state index contributed by atoms with van der Waals surface area (Å²) in [5.41, 5.74) is 2.52. The number of rotatable bonds is 3. The second kappa shape index (κ2) is 7.34. The molecule has 0 spiro atoms. The molecule has 0 radical (unpaired) electrons. The molecule has 5 heteroatoms. The summed E-state index contributed by atoms with van der Waals surface area (Å²) in [6.07, 6.45) is 0. The number of nitrogens with one attached hydrogen (secondary N) is 2. The summed E-state index contributed by atoms with van der Waals surface area (Å²) >= 11 is 2.21. The van der Waals surface area contributed by atoms with Gasteiger partial charge in [-0.2, -0.15) is 0 Å². The molecule has 0 bridgehead atoms. The van der Waals surface area contributed by atoms with Gasteiger partial charge in [-0.15, -0.1) is 0 Å². The summed E-state index contributed by atoms with van der Waals surface area (Å²) in [7, 11) is 0. The molecule has 0 saturated heterocycles.